The normalized spacial score (nSPS) is 22.4. The zero-order valence-electron chi connectivity index (χ0n) is 8.53. The van der Waals surface area contributed by atoms with Crippen molar-refractivity contribution < 1.29 is 0 Å². The van der Waals surface area contributed by atoms with Gasteiger partial charge in [0.2, 0.25) is 0 Å². The highest BCUT2D eigenvalue weighted by Crippen LogP contribution is 2.32. The summed E-state index contributed by atoms with van der Waals surface area (Å²) in [7, 11) is 1.93. The van der Waals surface area contributed by atoms with Crippen LogP contribution in [-0.2, 0) is 20.0 Å². The molecule has 0 atom stereocenters. The Balaban J connectivity index is 1.90. The Morgan fingerprint density at radius 2 is 2.21 bits per heavy atom. The number of hydrogen-bond acceptors (Lipinski definition) is 3. The molecule has 4 nitrogen and oxygen atoms in total. The number of nitrogen functional groups attached to an aromatic ring is 1. The molecule has 4 heteroatoms. The van der Waals surface area contributed by atoms with E-state index in [-0.39, 0.29) is 0 Å². The fourth-order valence-electron chi connectivity index (χ4n) is 2.32. The summed E-state index contributed by atoms with van der Waals surface area (Å²) < 4.78 is 1.81. The van der Waals surface area contributed by atoms with E-state index < -0.39 is 0 Å². The summed E-state index contributed by atoms with van der Waals surface area (Å²) >= 11 is 0. The highest BCUT2D eigenvalue weighted by atomic mass is 15.3. The van der Waals surface area contributed by atoms with Crippen LogP contribution in [0.1, 0.15) is 24.1 Å². The Morgan fingerprint density at radius 1 is 1.43 bits per heavy atom. The van der Waals surface area contributed by atoms with Gasteiger partial charge in [-0.3, -0.25) is 9.58 Å². The number of rotatable bonds is 1. The molecular formula is C10H16N4. The molecule has 0 amide bonds. The van der Waals surface area contributed by atoms with Crippen molar-refractivity contribution in [2.24, 2.45) is 7.05 Å². The van der Waals surface area contributed by atoms with Gasteiger partial charge in [0.15, 0.2) is 0 Å². The summed E-state index contributed by atoms with van der Waals surface area (Å²) in [6, 6.07) is 0.839. The number of fused-ring (bicyclic) bond motifs is 1. The van der Waals surface area contributed by atoms with E-state index in [2.05, 4.69) is 10.00 Å². The van der Waals surface area contributed by atoms with E-state index in [1.807, 2.05) is 7.05 Å². The minimum atomic E-state index is 0.839. The minimum Gasteiger partial charge on any atom is -0.384 e. The predicted octanol–water partition coefficient (Wildman–Crippen LogP) is 0.523. The van der Waals surface area contributed by atoms with Crippen molar-refractivity contribution in [1.82, 2.24) is 14.7 Å². The molecule has 0 unspecified atom stereocenters. The fraction of sp³-hybridized carbons (Fsp3) is 0.700. The summed E-state index contributed by atoms with van der Waals surface area (Å²) in [5, 5.41) is 4.46. The van der Waals surface area contributed by atoms with E-state index in [9.17, 15) is 0 Å². The Labute approximate surface area is 83.7 Å². The van der Waals surface area contributed by atoms with Crippen LogP contribution in [0.4, 0.5) is 5.82 Å². The zero-order valence-corrected chi connectivity index (χ0v) is 8.53. The van der Waals surface area contributed by atoms with Gasteiger partial charge >= 0.3 is 0 Å². The van der Waals surface area contributed by atoms with Gasteiger partial charge in [-0.15, -0.1) is 0 Å². The first-order valence-corrected chi connectivity index (χ1v) is 5.30. The Morgan fingerprint density at radius 3 is 2.93 bits per heavy atom. The predicted molar refractivity (Wildman–Crippen MR) is 54.8 cm³/mol. The molecule has 1 aliphatic heterocycles. The van der Waals surface area contributed by atoms with Gasteiger partial charge < -0.3 is 5.73 Å². The van der Waals surface area contributed by atoms with Crippen LogP contribution in [0.2, 0.25) is 0 Å². The van der Waals surface area contributed by atoms with Crippen LogP contribution < -0.4 is 5.73 Å². The number of nitrogens with zero attached hydrogens (tertiary/aromatic N) is 3. The van der Waals surface area contributed by atoms with E-state index in [1.165, 1.54) is 24.1 Å². The molecule has 0 saturated heterocycles. The second-order valence-corrected chi connectivity index (χ2v) is 4.39. The lowest BCUT2D eigenvalue weighted by Gasteiger charge is -2.25. The third-order valence-electron chi connectivity index (χ3n) is 3.34. The van der Waals surface area contributed by atoms with Crippen molar-refractivity contribution in [3.05, 3.63) is 11.3 Å². The highest BCUT2D eigenvalue weighted by molar-refractivity contribution is 5.44. The lowest BCUT2D eigenvalue weighted by molar-refractivity contribution is 0.240. The second kappa shape index (κ2) is 2.73. The molecule has 0 bridgehead atoms. The third-order valence-corrected chi connectivity index (χ3v) is 3.34. The first-order valence-electron chi connectivity index (χ1n) is 5.30. The molecule has 0 aromatic carbocycles. The Kier molecular flexibility index (Phi) is 1.62. The van der Waals surface area contributed by atoms with Gasteiger partial charge in [-0.25, -0.2) is 0 Å². The molecule has 1 fully saturated rings. The quantitative estimate of drug-likeness (QED) is 0.705. The molecule has 1 aromatic rings. The van der Waals surface area contributed by atoms with Crippen LogP contribution in [0, 0.1) is 0 Å². The lowest BCUT2D eigenvalue weighted by atomic mass is 10.1. The Bertz CT molecular complexity index is 364. The maximum atomic E-state index is 5.94. The lowest BCUT2D eigenvalue weighted by Crippen LogP contribution is -2.32. The third kappa shape index (κ3) is 1.14. The number of aryl methyl sites for hydroxylation is 1. The van der Waals surface area contributed by atoms with Crippen LogP contribution in [-0.4, -0.2) is 27.3 Å². The van der Waals surface area contributed by atoms with E-state index in [0.29, 0.717) is 0 Å². The minimum absolute atomic E-state index is 0.839. The zero-order chi connectivity index (χ0) is 9.71. The number of aromatic nitrogens is 2. The van der Waals surface area contributed by atoms with Gasteiger partial charge in [-0.05, 0) is 19.3 Å². The average molecular weight is 192 g/mol. The van der Waals surface area contributed by atoms with Crippen molar-refractivity contribution in [2.75, 3.05) is 12.3 Å². The summed E-state index contributed by atoms with van der Waals surface area (Å²) in [5.41, 5.74) is 8.42. The van der Waals surface area contributed by atoms with Gasteiger partial charge in [-0.2, -0.15) is 5.10 Å². The van der Waals surface area contributed by atoms with E-state index in [1.54, 1.807) is 4.68 Å². The molecule has 2 heterocycles. The molecule has 76 valence electrons. The standard InChI is InChI=1S/C10H16N4/c1-13-10(11)8-4-5-14(7-2-3-7)6-9(8)12-13/h7H,2-6,11H2,1H3. The monoisotopic (exact) mass is 192 g/mol. The highest BCUT2D eigenvalue weighted by Gasteiger charge is 2.32. The summed E-state index contributed by atoms with van der Waals surface area (Å²) in [5.74, 6) is 0.857. The van der Waals surface area contributed by atoms with Crippen LogP contribution >= 0.6 is 0 Å². The van der Waals surface area contributed by atoms with Crippen molar-refractivity contribution in [2.45, 2.75) is 31.8 Å². The van der Waals surface area contributed by atoms with Gasteiger partial charge in [-0.1, -0.05) is 0 Å². The first-order chi connectivity index (χ1) is 6.75. The largest absolute Gasteiger partial charge is 0.384 e. The van der Waals surface area contributed by atoms with Gasteiger partial charge in [0.1, 0.15) is 5.82 Å². The molecule has 3 rings (SSSR count). The molecule has 1 saturated carbocycles. The molecule has 1 aliphatic carbocycles. The maximum Gasteiger partial charge on any atom is 0.124 e. The van der Waals surface area contributed by atoms with Crippen LogP contribution in [0.5, 0.6) is 0 Å². The van der Waals surface area contributed by atoms with Crippen molar-refractivity contribution in [3.63, 3.8) is 0 Å². The van der Waals surface area contributed by atoms with Crippen molar-refractivity contribution in [1.29, 1.82) is 0 Å². The van der Waals surface area contributed by atoms with Crippen LogP contribution in [0.3, 0.4) is 0 Å². The topological polar surface area (TPSA) is 47.1 Å². The number of nitrogens with two attached hydrogens (primary N) is 1. The maximum absolute atomic E-state index is 5.94. The molecule has 0 radical (unpaired) electrons. The smallest absolute Gasteiger partial charge is 0.124 e. The average Bonchev–Trinajstić information content (AvgIpc) is 2.96. The van der Waals surface area contributed by atoms with Crippen LogP contribution in [0.25, 0.3) is 0 Å². The number of hydrogen-bond donors (Lipinski definition) is 1. The fourth-order valence-corrected chi connectivity index (χ4v) is 2.32. The van der Waals surface area contributed by atoms with Gasteiger partial charge in [0.25, 0.3) is 0 Å². The molecular weight excluding hydrogens is 176 g/mol. The molecule has 0 spiro atoms. The SMILES string of the molecule is Cn1nc2c(c1N)CCN(C1CC1)C2. The molecule has 14 heavy (non-hydrogen) atoms. The summed E-state index contributed by atoms with van der Waals surface area (Å²) in [6.07, 6.45) is 3.82. The summed E-state index contributed by atoms with van der Waals surface area (Å²) in [4.78, 5) is 2.54. The van der Waals surface area contributed by atoms with Gasteiger partial charge in [0, 0.05) is 31.7 Å². The Hall–Kier alpha value is -1.03. The number of anilines is 1. The van der Waals surface area contributed by atoms with Gasteiger partial charge in [0.05, 0.1) is 5.69 Å². The van der Waals surface area contributed by atoms with E-state index in [4.69, 9.17) is 5.73 Å². The van der Waals surface area contributed by atoms with E-state index >= 15 is 0 Å². The van der Waals surface area contributed by atoms with Crippen molar-refractivity contribution >= 4 is 5.82 Å². The van der Waals surface area contributed by atoms with Crippen molar-refractivity contribution in [3.8, 4) is 0 Å². The van der Waals surface area contributed by atoms with E-state index in [0.717, 1.165) is 31.4 Å². The molecule has 2 aliphatic rings. The first kappa shape index (κ1) is 8.29. The van der Waals surface area contributed by atoms with Crippen LogP contribution in [0.15, 0.2) is 0 Å². The molecule has 1 aromatic heterocycles. The second-order valence-electron chi connectivity index (χ2n) is 4.39. The molecule has 2 N–H and O–H groups in total. The summed E-state index contributed by atoms with van der Waals surface area (Å²) in [6.45, 7) is 2.17.